The van der Waals surface area contributed by atoms with Crippen LogP contribution in [0.5, 0.6) is 0 Å². The first kappa shape index (κ1) is 10.9. The summed E-state index contributed by atoms with van der Waals surface area (Å²) in [5.41, 5.74) is 1.89. The molecule has 16 heavy (non-hydrogen) atoms. The van der Waals surface area contributed by atoms with Crippen LogP contribution < -0.4 is 5.32 Å². The molecule has 0 radical (unpaired) electrons. The average Bonchev–Trinajstić information content (AvgIpc) is 2.30. The Labute approximate surface area is 98.1 Å². The highest BCUT2D eigenvalue weighted by Crippen LogP contribution is 2.11. The van der Waals surface area contributed by atoms with Gasteiger partial charge >= 0.3 is 0 Å². The Bertz CT molecular complexity index is 408. The van der Waals surface area contributed by atoms with E-state index in [9.17, 15) is 4.39 Å². The van der Waals surface area contributed by atoms with Crippen LogP contribution in [0.2, 0.25) is 5.15 Å². The van der Waals surface area contributed by atoms with Crippen molar-refractivity contribution < 1.29 is 4.39 Å². The summed E-state index contributed by atoms with van der Waals surface area (Å²) >= 11 is 5.67. The molecule has 2 rings (SSSR count). The van der Waals surface area contributed by atoms with Gasteiger partial charge in [-0.2, -0.15) is 0 Å². The molecule has 0 atom stereocenters. The third-order valence-corrected chi connectivity index (χ3v) is 2.35. The Morgan fingerprint density at radius 2 is 1.88 bits per heavy atom. The Hall–Kier alpha value is -1.61. The fourth-order valence-electron chi connectivity index (χ4n) is 1.28. The fraction of sp³-hybridized carbons (Fsp3) is 0.0833. The lowest BCUT2D eigenvalue weighted by Gasteiger charge is -2.05. The second-order valence-corrected chi connectivity index (χ2v) is 3.74. The van der Waals surface area contributed by atoms with Gasteiger partial charge in [-0.1, -0.05) is 17.7 Å². The van der Waals surface area contributed by atoms with Crippen LogP contribution in [0.3, 0.4) is 0 Å². The van der Waals surface area contributed by atoms with Crippen molar-refractivity contribution >= 4 is 17.3 Å². The smallest absolute Gasteiger partial charge is 0.129 e. The predicted octanol–water partition coefficient (Wildman–Crippen LogP) is 3.49. The number of hydrogen-bond acceptors (Lipinski definition) is 2. The zero-order chi connectivity index (χ0) is 11.4. The van der Waals surface area contributed by atoms with Gasteiger partial charge < -0.3 is 5.32 Å². The van der Waals surface area contributed by atoms with Crippen molar-refractivity contribution in [2.45, 2.75) is 6.54 Å². The van der Waals surface area contributed by atoms with Gasteiger partial charge in [-0.05, 0) is 35.9 Å². The van der Waals surface area contributed by atoms with E-state index in [4.69, 9.17) is 11.6 Å². The zero-order valence-electron chi connectivity index (χ0n) is 8.45. The van der Waals surface area contributed by atoms with Gasteiger partial charge in [-0.15, -0.1) is 0 Å². The van der Waals surface area contributed by atoms with Crippen molar-refractivity contribution in [3.63, 3.8) is 0 Å². The molecule has 2 aromatic rings. The molecule has 1 aromatic heterocycles. The van der Waals surface area contributed by atoms with Crippen LogP contribution in [0, 0.1) is 5.82 Å². The van der Waals surface area contributed by atoms with Crippen molar-refractivity contribution in [3.05, 3.63) is 59.1 Å². The zero-order valence-corrected chi connectivity index (χ0v) is 9.21. The van der Waals surface area contributed by atoms with Crippen LogP contribution in [0.1, 0.15) is 5.56 Å². The van der Waals surface area contributed by atoms with E-state index in [1.165, 1.54) is 12.1 Å². The number of benzene rings is 1. The molecular formula is C12H10ClFN2. The molecule has 1 aromatic carbocycles. The van der Waals surface area contributed by atoms with Crippen LogP contribution in [0.4, 0.5) is 10.1 Å². The number of anilines is 1. The van der Waals surface area contributed by atoms with E-state index < -0.39 is 0 Å². The van der Waals surface area contributed by atoms with Crippen molar-refractivity contribution in [1.82, 2.24) is 4.98 Å². The molecule has 0 aliphatic heterocycles. The van der Waals surface area contributed by atoms with Crippen LogP contribution in [-0.4, -0.2) is 4.98 Å². The summed E-state index contributed by atoms with van der Waals surface area (Å²) in [7, 11) is 0. The fourth-order valence-corrected chi connectivity index (χ4v) is 1.39. The molecule has 0 amide bonds. The molecule has 0 spiro atoms. The minimum absolute atomic E-state index is 0.237. The highest BCUT2D eigenvalue weighted by atomic mass is 35.5. The molecular weight excluding hydrogens is 227 g/mol. The third kappa shape index (κ3) is 2.94. The molecule has 0 aliphatic rings. The van der Waals surface area contributed by atoms with Gasteiger partial charge in [0.1, 0.15) is 11.0 Å². The number of hydrogen-bond donors (Lipinski definition) is 1. The second kappa shape index (κ2) is 4.94. The van der Waals surface area contributed by atoms with Gasteiger partial charge in [0, 0.05) is 18.4 Å². The van der Waals surface area contributed by atoms with E-state index in [1.807, 2.05) is 6.07 Å². The summed E-state index contributed by atoms with van der Waals surface area (Å²) in [5.74, 6) is -0.237. The summed E-state index contributed by atoms with van der Waals surface area (Å²) in [4.78, 5) is 3.97. The Morgan fingerprint density at radius 1 is 1.12 bits per heavy atom. The number of halogens is 2. The summed E-state index contributed by atoms with van der Waals surface area (Å²) in [6, 6.07) is 9.86. The first-order valence-electron chi connectivity index (χ1n) is 4.84. The number of nitrogens with one attached hydrogen (secondary N) is 1. The van der Waals surface area contributed by atoms with Crippen molar-refractivity contribution in [2.24, 2.45) is 0 Å². The van der Waals surface area contributed by atoms with E-state index in [2.05, 4.69) is 10.3 Å². The van der Waals surface area contributed by atoms with Gasteiger partial charge in [-0.3, -0.25) is 0 Å². The molecule has 1 heterocycles. The monoisotopic (exact) mass is 236 g/mol. The summed E-state index contributed by atoms with van der Waals surface area (Å²) in [6.45, 7) is 0.635. The molecule has 0 bridgehead atoms. The SMILES string of the molecule is Fc1ccc(NCc2ccc(Cl)nc2)cc1. The minimum Gasteiger partial charge on any atom is -0.381 e. The maximum Gasteiger partial charge on any atom is 0.129 e. The minimum atomic E-state index is -0.237. The normalized spacial score (nSPS) is 10.1. The van der Waals surface area contributed by atoms with Gasteiger partial charge in [0.2, 0.25) is 0 Å². The van der Waals surface area contributed by atoms with E-state index in [1.54, 1.807) is 24.4 Å². The summed E-state index contributed by atoms with van der Waals surface area (Å²) in [5, 5.41) is 3.64. The van der Waals surface area contributed by atoms with Crippen LogP contribution >= 0.6 is 11.6 Å². The van der Waals surface area contributed by atoms with Gasteiger partial charge in [-0.25, -0.2) is 9.37 Å². The van der Waals surface area contributed by atoms with E-state index in [-0.39, 0.29) is 5.82 Å². The van der Waals surface area contributed by atoms with Gasteiger partial charge in [0.25, 0.3) is 0 Å². The van der Waals surface area contributed by atoms with Crippen LogP contribution in [-0.2, 0) is 6.54 Å². The molecule has 2 nitrogen and oxygen atoms in total. The van der Waals surface area contributed by atoms with Crippen molar-refractivity contribution in [3.8, 4) is 0 Å². The predicted molar refractivity (Wildman–Crippen MR) is 63.0 cm³/mol. The van der Waals surface area contributed by atoms with Gasteiger partial charge in [0.15, 0.2) is 0 Å². The van der Waals surface area contributed by atoms with Crippen molar-refractivity contribution in [1.29, 1.82) is 0 Å². The number of pyridine rings is 1. The summed E-state index contributed by atoms with van der Waals surface area (Å²) < 4.78 is 12.6. The molecule has 4 heteroatoms. The second-order valence-electron chi connectivity index (χ2n) is 3.35. The van der Waals surface area contributed by atoms with Crippen molar-refractivity contribution in [2.75, 3.05) is 5.32 Å². The highest BCUT2D eigenvalue weighted by Gasteiger charge is 1.95. The number of aromatic nitrogens is 1. The lowest BCUT2D eigenvalue weighted by Crippen LogP contribution is -1.99. The number of rotatable bonds is 3. The van der Waals surface area contributed by atoms with Crippen LogP contribution in [0.15, 0.2) is 42.6 Å². The molecule has 1 N–H and O–H groups in total. The number of nitrogens with zero attached hydrogens (tertiary/aromatic N) is 1. The topological polar surface area (TPSA) is 24.9 Å². The Balaban J connectivity index is 1.97. The largest absolute Gasteiger partial charge is 0.381 e. The molecule has 0 saturated carbocycles. The summed E-state index contributed by atoms with van der Waals surface area (Å²) in [6.07, 6.45) is 1.71. The quantitative estimate of drug-likeness (QED) is 0.826. The molecule has 82 valence electrons. The lowest BCUT2D eigenvalue weighted by molar-refractivity contribution is 0.628. The van der Waals surface area contributed by atoms with E-state index >= 15 is 0 Å². The Morgan fingerprint density at radius 3 is 2.50 bits per heavy atom. The lowest BCUT2D eigenvalue weighted by atomic mass is 10.2. The van der Waals surface area contributed by atoms with Crippen LogP contribution in [0.25, 0.3) is 0 Å². The molecule has 0 unspecified atom stereocenters. The maximum atomic E-state index is 12.6. The standard InChI is InChI=1S/C12H10ClFN2/c13-12-6-1-9(8-16-12)7-15-11-4-2-10(14)3-5-11/h1-6,8,15H,7H2. The maximum absolute atomic E-state index is 12.6. The van der Waals surface area contributed by atoms with E-state index in [0.29, 0.717) is 11.7 Å². The van der Waals surface area contributed by atoms with Gasteiger partial charge in [0.05, 0.1) is 0 Å². The Kier molecular flexibility index (Phi) is 3.37. The van der Waals surface area contributed by atoms with E-state index in [0.717, 1.165) is 11.3 Å². The molecule has 0 saturated heterocycles. The first-order chi connectivity index (χ1) is 7.74. The molecule has 0 fully saturated rings. The highest BCUT2D eigenvalue weighted by molar-refractivity contribution is 6.29. The first-order valence-corrected chi connectivity index (χ1v) is 5.22. The third-order valence-electron chi connectivity index (χ3n) is 2.13. The average molecular weight is 237 g/mol. The molecule has 0 aliphatic carbocycles.